The largest absolute Gasteiger partial charge is 0.480 e. The van der Waals surface area contributed by atoms with Crippen molar-refractivity contribution in [2.75, 3.05) is 34.9 Å². The van der Waals surface area contributed by atoms with Gasteiger partial charge in [0.25, 0.3) is 0 Å². The van der Waals surface area contributed by atoms with Crippen molar-refractivity contribution in [1.29, 1.82) is 0 Å². The predicted octanol–water partition coefficient (Wildman–Crippen LogP) is 4.39. The van der Waals surface area contributed by atoms with Crippen molar-refractivity contribution in [2.45, 2.75) is 144 Å². The minimum atomic E-state index is -1.15. The average molecular weight is 816 g/mol. The summed E-state index contributed by atoms with van der Waals surface area (Å²) in [5.74, 6) is -4.18. The summed E-state index contributed by atoms with van der Waals surface area (Å²) in [5, 5.41) is 15.6. The van der Waals surface area contributed by atoms with Gasteiger partial charge in [0, 0.05) is 46.7 Å². The molecule has 1 aromatic carbocycles. The highest BCUT2D eigenvalue weighted by molar-refractivity contribution is 5.93. The number of rotatable bonds is 21. The van der Waals surface area contributed by atoms with Crippen LogP contribution in [0.1, 0.15) is 100 Å². The summed E-state index contributed by atoms with van der Waals surface area (Å²) in [6.45, 7) is 19.0. The van der Waals surface area contributed by atoms with Crippen LogP contribution in [0.25, 0.3) is 0 Å². The number of methoxy groups -OCH3 is 2. The predicted molar refractivity (Wildman–Crippen MR) is 223 cm³/mol. The summed E-state index contributed by atoms with van der Waals surface area (Å²) in [6.07, 6.45) is 0.588. The number of hydrogen-bond acceptors (Lipinski definition) is 8. The highest BCUT2D eigenvalue weighted by atomic mass is 16.5. The van der Waals surface area contributed by atoms with E-state index in [1.54, 1.807) is 63.7 Å². The number of ether oxygens (including phenoxy) is 2. The second kappa shape index (κ2) is 22.4. The van der Waals surface area contributed by atoms with Crippen LogP contribution in [0.15, 0.2) is 30.3 Å². The number of amides is 5. The van der Waals surface area contributed by atoms with Crippen molar-refractivity contribution < 1.29 is 43.3 Å². The lowest BCUT2D eigenvalue weighted by atomic mass is 9.89. The van der Waals surface area contributed by atoms with Gasteiger partial charge < -0.3 is 39.9 Å². The molecule has 1 heterocycles. The zero-order valence-corrected chi connectivity index (χ0v) is 37.5. The highest BCUT2D eigenvalue weighted by Crippen LogP contribution is 2.30. The van der Waals surface area contributed by atoms with Crippen molar-refractivity contribution >= 4 is 35.5 Å². The quantitative estimate of drug-likeness (QED) is 0.163. The Morgan fingerprint density at radius 2 is 1.48 bits per heavy atom. The second-order valence-electron chi connectivity index (χ2n) is 17.8. The van der Waals surface area contributed by atoms with Crippen LogP contribution >= 0.6 is 0 Å². The molecule has 1 fully saturated rings. The van der Waals surface area contributed by atoms with Gasteiger partial charge in [0.05, 0.1) is 36.6 Å². The molecule has 0 bridgehead atoms. The van der Waals surface area contributed by atoms with E-state index < -0.39 is 71.5 Å². The Bertz CT molecular complexity index is 1530. The zero-order chi connectivity index (χ0) is 44.2. The first-order chi connectivity index (χ1) is 27.0. The first-order valence-electron chi connectivity index (χ1n) is 20.8. The maximum Gasteiger partial charge on any atom is 0.326 e. The molecule has 14 nitrogen and oxygen atoms in total. The highest BCUT2D eigenvalue weighted by Gasteiger charge is 2.44. The van der Waals surface area contributed by atoms with Crippen LogP contribution < -0.4 is 10.6 Å². The van der Waals surface area contributed by atoms with Crippen LogP contribution in [0.2, 0.25) is 0 Å². The fraction of sp³-hybridized carbons (Fsp3) is 0.727. The monoisotopic (exact) mass is 816 g/mol. The maximum atomic E-state index is 14.4. The lowest BCUT2D eigenvalue weighted by molar-refractivity contribution is -0.150. The number of likely N-dealkylation sites (tertiary alicyclic amines) is 1. The summed E-state index contributed by atoms with van der Waals surface area (Å²) < 4.78 is 11.9. The molecule has 0 unspecified atom stereocenters. The van der Waals surface area contributed by atoms with Gasteiger partial charge in [-0.15, -0.1) is 0 Å². The van der Waals surface area contributed by atoms with E-state index in [1.165, 1.54) is 19.1 Å². The van der Waals surface area contributed by atoms with Crippen LogP contribution in [-0.2, 0) is 44.7 Å². The Kier molecular flexibility index (Phi) is 19.3. The van der Waals surface area contributed by atoms with Gasteiger partial charge in [-0.3, -0.25) is 24.0 Å². The fourth-order valence-corrected chi connectivity index (χ4v) is 8.21. The molecule has 2 rings (SSSR count). The molecule has 328 valence electrons. The molecular weight excluding hydrogens is 743 g/mol. The molecule has 14 heteroatoms. The molecule has 0 aromatic heterocycles. The molecule has 0 radical (unpaired) electrons. The van der Waals surface area contributed by atoms with Crippen molar-refractivity contribution in [3.63, 3.8) is 0 Å². The van der Waals surface area contributed by atoms with Gasteiger partial charge in [-0.1, -0.05) is 106 Å². The molecule has 3 N–H and O–H groups in total. The number of carboxylic acids is 1. The standard InChI is InChI=1S/C44H73N5O9/c1-15-28(6)37(47(11)41(53)35(26(2)3)46-40(52)36(27(4)5)48(12)43(56)44(8,9)10)33(57-13)25-34(50)49-23-19-22-32(49)38(58-14)29(7)39(51)45-31(42(54)55)24-30-20-17-16-18-21-30/h16-18,20-21,26-29,31-33,35-38H,15,19,22-25H2,1-14H3,(H,45,51)(H,46,52)(H,54,55)/t28-,29+,31-,32-,33+,35-,36-,37-,38+/m0/s1. The normalized spacial score (nSPS) is 18.7. The molecule has 9 atom stereocenters. The molecule has 5 amide bonds. The summed E-state index contributed by atoms with van der Waals surface area (Å²) in [7, 11) is 6.29. The summed E-state index contributed by atoms with van der Waals surface area (Å²) in [5.41, 5.74) is 0.0720. The Morgan fingerprint density at radius 1 is 0.879 bits per heavy atom. The Labute approximate surface area is 347 Å². The smallest absolute Gasteiger partial charge is 0.326 e. The van der Waals surface area contributed by atoms with Crippen LogP contribution in [0, 0.1) is 29.1 Å². The summed E-state index contributed by atoms with van der Waals surface area (Å²) in [4.78, 5) is 86.2. The minimum Gasteiger partial charge on any atom is -0.480 e. The number of benzene rings is 1. The van der Waals surface area contributed by atoms with Gasteiger partial charge in [-0.05, 0) is 36.2 Å². The van der Waals surface area contributed by atoms with E-state index >= 15 is 0 Å². The van der Waals surface area contributed by atoms with Gasteiger partial charge in [-0.2, -0.15) is 0 Å². The van der Waals surface area contributed by atoms with E-state index in [4.69, 9.17) is 9.47 Å². The first-order valence-corrected chi connectivity index (χ1v) is 20.8. The molecule has 1 aliphatic rings. The van der Waals surface area contributed by atoms with E-state index in [0.29, 0.717) is 25.8 Å². The number of hydrogen-bond donors (Lipinski definition) is 3. The second-order valence-corrected chi connectivity index (χ2v) is 17.8. The Morgan fingerprint density at radius 3 is 1.97 bits per heavy atom. The van der Waals surface area contributed by atoms with Crippen molar-refractivity contribution in [2.24, 2.45) is 29.1 Å². The number of aliphatic carboxylic acids is 1. The topological polar surface area (TPSA) is 175 Å². The number of nitrogens with one attached hydrogen (secondary N) is 2. The van der Waals surface area contributed by atoms with Crippen LogP contribution in [0.5, 0.6) is 0 Å². The third kappa shape index (κ3) is 13.0. The molecule has 1 aliphatic heterocycles. The van der Waals surface area contributed by atoms with Crippen molar-refractivity contribution in [3.8, 4) is 0 Å². The molecule has 1 aromatic rings. The van der Waals surface area contributed by atoms with Gasteiger partial charge in [0.2, 0.25) is 29.5 Å². The van der Waals surface area contributed by atoms with E-state index in [9.17, 15) is 33.9 Å². The number of likely N-dealkylation sites (N-methyl/N-ethyl adjacent to an activating group) is 2. The fourth-order valence-electron chi connectivity index (χ4n) is 8.21. The van der Waals surface area contributed by atoms with E-state index in [1.807, 2.05) is 59.7 Å². The Hall–Kier alpha value is -4.04. The van der Waals surface area contributed by atoms with Gasteiger partial charge >= 0.3 is 5.97 Å². The number of carbonyl (C=O) groups excluding carboxylic acids is 5. The average Bonchev–Trinajstić information content (AvgIpc) is 3.65. The van der Waals surface area contributed by atoms with Crippen molar-refractivity contribution in [1.82, 2.24) is 25.3 Å². The van der Waals surface area contributed by atoms with Gasteiger partial charge in [-0.25, -0.2) is 4.79 Å². The number of carbonyl (C=O) groups is 6. The Balaban J connectivity index is 2.31. The first kappa shape index (κ1) is 50.1. The minimum absolute atomic E-state index is 0.0529. The lowest BCUT2D eigenvalue weighted by Crippen LogP contribution is -2.60. The van der Waals surface area contributed by atoms with Gasteiger partial charge in [0.15, 0.2) is 0 Å². The third-order valence-corrected chi connectivity index (χ3v) is 11.7. The van der Waals surface area contributed by atoms with E-state index in [-0.39, 0.29) is 48.3 Å². The number of nitrogens with zero attached hydrogens (tertiary/aromatic N) is 3. The molecule has 1 saturated heterocycles. The van der Waals surface area contributed by atoms with Crippen LogP contribution in [-0.4, -0.2) is 133 Å². The molecule has 0 saturated carbocycles. The summed E-state index contributed by atoms with van der Waals surface area (Å²) in [6, 6.07) is 5.21. The molecule has 0 spiro atoms. The van der Waals surface area contributed by atoms with Crippen LogP contribution in [0.3, 0.4) is 0 Å². The number of carboxylic acid groups (broad SMARTS) is 1. The zero-order valence-electron chi connectivity index (χ0n) is 37.5. The van der Waals surface area contributed by atoms with E-state index in [2.05, 4.69) is 10.6 Å². The van der Waals surface area contributed by atoms with E-state index in [0.717, 1.165) is 5.56 Å². The maximum absolute atomic E-state index is 14.4. The molecular formula is C44H73N5O9. The van der Waals surface area contributed by atoms with Crippen LogP contribution in [0.4, 0.5) is 0 Å². The van der Waals surface area contributed by atoms with Gasteiger partial charge in [0.1, 0.15) is 18.1 Å². The third-order valence-electron chi connectivity index (χ3n) is 11.7. The molecule has 58 heavy (non-hydrogen) atoms. The van der Waals surface area contributed by atoms with Crippen molar-refractivity contribution in [3.05, 3.63) is 35.9 Å². The SMILES string of the molecule is CC[C@H](C)[C@@H]([C@@H](CC(=O)N1CCC[C@H]1[C@H](OC)[C@@H](C)C(=O)N[C@@H](Cc1ccccc1)C(=O)O)OC)N(C)C(=O)[C@@H](NC(=O)[C@H](C(C)C)N(C)C(=O)C(C)(C)C)C(C)C. The lowest BCUT2D eigenvalue weighted by Gasteiger charge is -2.41. The summed E-state index contributed by atoms with van der Waals surface area (Å²) >= 11 is 0. The molecule has 0 aliphatic carbocycles.